The SMILES string of the molecule is CCCCOC(=O)c1c(CC(C)C)sc(S(N)(=O)=O)c1-c1cccc(Cn2ccnc2-c2ccccn2)c1. The molecule has 0 fully saturated rings. The van der Waals surface area contributed by atoms with Crippen molar-refractivity contribution in [3.05, 3.63) is 77.1 Å². The normalized spacial score (nSPS) is 11.7. The first-order chi connectivity index (χ1) is 18.2. The molecule has 0 bridgehead atoms. The van der Waals surface area contributed by atoms with Crippen LogP contribution in [-0.4, -0.2) is 35.5 Å². The fourth-order valence-corrected chi connectivity index (χ4v) is 6.74. The quantitative estimate of drug-likeness (QED) is 0.193. The molecular weight excluding hydrogens is 520 g/mol. The zero-order valence-corrected chi connectivity index (χ0v) is 23.4. The number of thiophene rings is 1. The first kappa shape index (κ1) is 27.7. The van der Waals surface area contributed by atoms with Gasteiger partial charge in [-0.25, -0.2) is 23.3 Å². The molecule has 0 spiro atoms. The van der Waals surface area contributed by atoms with Gasteiger partial charge in [0.05, 0.1) is 12.2 Å². The Bertz CT molecular complexity index is 1510. The van der Waals surface area contributed by atoms with Gasteiger partial charge in [0.2, 0.25) is 10.0 Å². The average Bonchev–Trinajstić information content (AvgIpc) is 3.49. The number of carbonyl (C=O) groups excluding carboxylic acids is 1. The van der Waals surface area contributed by atoms with Crippen LogP contribution in [0.4, 0.5) is 0 Å². The molecule has 8 nitrogen and oxygen atoms in total. The fourth-order valence-electron chi connectivity index (χ4n) is 4.22. The number of rotatable bonds is 11. The van der Waals surface area contributed by atoms with Gasteiger partial charge in [0, 0.05) is 35.6 Å². The smallest absolute Gasteiger partial charge is 0.339 e. The van der Waals surface area contributed by atoms with E-state index in [1.165, 1.54) is 0 Å². The van der Waals surface area contributed by atoms with Crippen molar-refractivity contribution in [1.29, 1.82) is 0 Å². The van der Waals surface area contributed by atoms with Crippen LogP contribution in [0.15, 0.2) is 65.3 Å². The Balaban J connectivity index is 1.80. The molecule has 0 saturated heterocycles. The second-order valence-electron chi connectivity index (χ2n) is 9.49. The number of carbonyl (C=O) groups is 1. The summed E-state index contributed by atoms with van der Waals surface area (Å²) >= 11 is 1.06. The summed E-state index contributed by atoms with van der Waals surface area (Å²) in [5, 5.41) is 5.67. The Morgan fingerprint density at radius 3 is 2.63 bits per heavy atom. The van der Waals surface area contributed by atoms with Crippen LogP contribution >= 0.6 is 11.3 Å². The third-order valence-electron chi connectivity index (χ3n) is 5.91. The van der Waals surface area contributed by atoms with Crippen molar-refractivity contribution < 1.29 is 17.9 Å². The predicted octanol–water partition coefficient (Wildman–Crippen LogP) is 5.52. The summed E-state index contributed by atoms with van der Waals surface area (Å²) in [5.74, 6) is 0.401. The standard InChI is InChI=1S/C28H32N4O4S2/c1-4-5-15-36-27(33)25-23(16-19(2)3)37-28(38(29,34)35)24(25)21-10-8-9-20(17-21)18-32-14-13-31-26(32)22-11-6-7-12-30-22/h6-14,17,19H,4-5,15-16,18H2,1-3H3,(H2,29,34,35). The van der Waals surface area contributed by atoms with Gasteiger partial charge in [0.1, 0.15) is 9.90 Å². The molecule has 0 atom stereocenters. The third-order valence-corrected chi connectivity index (χ3v) is 8.59. The molecule has 0 aliphatic rings. The molecule has 3 aromatic heterocycles. The van der Waals surface area contributed by atoms with E-state index in [0.29, 0.717) is 29.0 Å². The highest BCUT2D eigenvalue weighted by molar-refractivity contribution is 7.91. The zero-order chi connectivity index (χ0) is 27.3. The molecule has 0 amide bonds. The first-order valence-corrected chi connectivity index (χ1v) is 14.9. The molecule has 10 heteroatoms. The Hall–Kier alpha value is -3.34. The minimum Gasteiger partial charge on any atom is -0.462 e. The largest absolute Gasteiger partial charge is 0.462 e. The Morgan fingerprint density at radius 2 is 1.95 bits per heavy atom. The lowest BCUT2D eigenvalue weighted by molar-refractivity contribution is 0.0500. The molecule has 0 unspecified atom stereocenters. The molecular formula is C28H32N4O4S2. The minimum atomic E-state index is -4.10. The number of hydrogen-bond donors (Lipinski definition) is 1. The maximum Gasteiger partial charge on any atom is 0.339 e. The Labute approximate surface area is 227 Å². The lowest BCUT2D eigenvalue weighted by Gasteiger charge is -2.12. The van der Waals surface area contributed by atoms with E-state index in [2.05, 4.69) is 9.97 Å². The van der Waals surface area contributed by atoms with Gasteiger partial charge in [0.15, 0.2) is 5.82 Å². The average molecular weight is 553 g/mol. The lowest BCUT2D eigenvalue weighted by Crippen LogP contribution is -2.13. The minimum absolute atomic E-state index is 0.0236. The van der Waals surface area contributed by atoms with E-state index in [4.69, 9.17) is 9.88 Å². The zero-order valence-electron chi connectivity index (χ0n) is 21.8. The van der Waals surface area contributed by atoms with Crippen LogP contribution in [0.5, 0.6) is 0 Å². The number of nitrogens with two attached hydrogens (primary N) is 1. The van der Waals surface area contributed by atoms with Gasteiger partial charge >= 0.3 is 5.97 Å². The number of nitrogens with zero attached hydrogens (tertiary/aromatic N) is 3. The number of imidazole rings is 1. The highest BCUT2D eigenvalue weighted by Crippen LogP contribution is 2.41. The van der Waals surface area contributed by atoms with Gasteiger partial charge in [-0.2, -0.15) is 0 Å². The van der Waals surface area contributed by atoms with Gasteiger partial charge in [0.25, 0.3) is 0 Å². The lowest BCUT2D eigenvalue weighted by atomic mass is 9.98. The highest BCUT2D eigenvalue weighted by Gasteiger charge is 2.31. The molecule has 0 saturated carbocycles. The summed E-state index contributed by atoms with van der Waals surface area (Å²) in [4.78, 5) is 22.9. The molecule has 0 aliphatic carbocycles. The van der Waals surface area contributed by atoms with Crippen LogP contribution in [0.3, 0.4) is 0 Å². The second kappa shape index (κ2) is 12.0. The van der Waals surface area contributed by atoms with E-state index < -0.39 is 16.0 Å². The summed E-state index contributed by atoms with van der Waals surface area (Å²) < 4.78 is 33.0. The van der Waals surface area contributed by atoms with Gasteiger partial charge < -0.3 is 9.30 Å². The van der Waals surface area contributed by atoms with Gasteiger partial charge in [-0.15, -0.1) is 11.3 Å². The summed E-state index contributed by atoms with van der Waals surface area (Å²) in [6, 6.07) is 13.1. The fraction of sp³-hybridized carbons (Fsp3) is 0.321. The van der Waals surface area contributed by atoms with Crippen LogP contribution in [-0.2, 0) is 27.7 Å². The summed E-state index contributed by atoms with van der Waals surface area (Å²) in [6.07, 6.45) is 7.44. The molecule has 4 aromatic rings. The molecule has 1 aromatic carbocycles. The van der Waals surface area contributed by atoms with E-state index in [9.17, 15) is 13.2 Å². The molecule has 2 N–H and O–H groups in total. The number of ether oxygens (including phenoxy) is 1. The topological polar surface area (TPSA) is 117 Å². The number of hydrogen-bond acceptors (Lipinski definition) is 7. The van der Waals surface area contributed by atoms with Gasteiger partial charge in [-0.3, -0.25) is 4.98 Å². The van der Waals surface area contributed by atoms with Gasteiger partial charge in [-0.05, 0) is 48.1 Å². The predicted molar refractivity (Wildman–Crippen MR) is 149 cm³/mol. The number of aromatic nitrogens is 3. The first-order valence-electron chi connectivity index (χ1n) is 12.6. The van der Waals surface area contributed by atoms with E-state index in [-0.39, 0.29) is 22.3 Å². The summed E-state index contributed by atoms with van der Waals surface area (Å²) in [7, 11) is -4.10. The second-order valence-corrected chi connectivity index (χ2v) is 12.4. The van der Waals surface area contributed by atoms with Gasteiger partial charge in [-0.1, -0.05) is 51.5 Å². The van der Waals surface area contributed by atoms with E-state index in [0.717, 1.165) is 41.3 Å². The number of unbranched alkanes of at least 4 members (excludes halogenated alkanes) is 1. The molecule has 3 heterocycles. The molecule has 4 rings (SSSR count). The molecule has 0 aliphatic heterocycles. The maximum absolute atomic E-state index is 13.3. The Morgan fingerprint density at radius 1 is 1.13 bits per heavy atom. The number of primary sulfonamides is 1. The Kier molecular flexibility index (Phi) is 8.76. The van der Waals surface area contributed by atoms with Crippen molar-refractivity contribution in [2.45, 2.75) is 50.8 Å². The van der Waals surface area contributed by atoms with Crippen molar-refractivity contribution in [3.8, 4) is 22.6 Å². The van der Waals surface area contributed by atoms with Crippen LogP contribution in [0.2, 0.25) is 0 Å². The number of benzene rings is 1. The maximum atomic E-state index is 13.3. The van der Waals surface area contributed by atoms with Crippen LogP contribution in [0.25, 0.3) is 22.6 Å². The number of sulfonamides is 1. The van der Waals surface area contributed by atoms with Crippen molar-refractivity contribution in [2.75, 3.05) is 6.61 Å². The summed E-state index contributed by atoms with van der Waals surface area (Å²) in [6.45, 7) is 6.80. The van der Waals surface area contributed by atoms with Crippen LogP contribution in [0.1, 0.15) is 54.4 Å². The van der Waals surface area contributed by atoms with E-state index in [1.807, 2.05) is 67.9 Å². The molecule has 38 heavy (non-hydrogen) atoms. The number of esters is 1. The third kappa shape index (κ3) is 6.38. The van der Waals surface area contributed by atoms with Crippen molar-refractivity contribution in [3.63, 3.8) is 0 Å². The monoisotopic (exact) mass is 552 g/mol. The molecule has 200 valence electrons. The summed E-state index contributed by atoms with van der Waals surface area (Å²) in [5.41, 5.74) is 2.85. The van der Waals surface area contributed by atoms with Crippen molar-refractivity contribution in [1.82, 2.24) is 14.5 Å². The van der Waals surface area contributed by atoms with Crippen molar-refractivity contribution in [2.24, 2.45) is 11.1 Å². The van der Waals surface area contributed by atoms with Crippen LogP contribution in [0, 0.1) is 5.92 Å². The van der Waals surface area contributed by atoms with Crippen molar-refractivity contribution >= 4 is 27.3 Å². The molecule has 0 radical (unpaired) electrons. The van der Waals surface area contributed by atoms with E-state index in [1.54, 1.807) is 18.5 Å². The van der Waals surface area contributed by atoms with E-state index >= 15 is 0 Å². The number of pyridine rings is 1. The van der Waals surface area contributed by atoms with Crippen LogP contribution < -0.4 is 5.14 Å². The highest BCUT2D eigenvalue weighted by atomic mass is 32.2.